The largest absolute Gasteiger partial charge is 0.486 e. The zero-order valence-corrected chi connectivity index (χ0v) is 11.0. The number of rotatable bonds is 1. The fourth-order valence-electron chi connectivity index (χ4n) is 1.58. The number of hydrogen-bond acceptors (Lipinski definition) is 5. The molecule has 0 fully saturated rings. The van der Waals surface area contributed by atoms with E-state index in [9.17, 15) is 0 Å². The average Bonchev–Trinajstić information content (AvgIpc) is 2.39. The van der Waals surface area contributed by atoms with E-state index in [1.165, 1.54) is 11.8 Å². The van der Waals surface area contributed by atoms with E-state index in [0.29, 0.717) is 24.1 Å². The second-order valence-electron chi connectivity index (χ2n) is 3.64. The molecule has 6 heteroatoms. The van der Waals surface area contributed by atoms with Gasteiger partial charge in [-0.1, -0.05) is 11.8 Å². The molecule has 0 saturated heterocycles. The first kappa shape index (κ1) is 12.6. The van der Waals surface area contributed by atoms with Crippen molar-refractivity contribution in [1.29, 1.82) is 5.26 Å². The maximum absolute atomic E-state index is 8.61. The van der Waals surface area contributed by atoms with Gasteiger partial charge in [0, 0.05) is 6.07 Å². The van der Waals surface area contributed by atoms with Crippen molar-refractivity contribution in [3.8, 4) is 17.7 Å². The summed E-state index contributed by atoms with van der Waals surface area (Å²) in [5.74, 6) is 1.44. The molecule has 2 rings (SSSR count). The molecule has 0 amide bonds. The first-order valence-electron chi connectivity index (χ1n) is 5.42. The number of aryl methyl sites for hydroxylation is 1. The van der Waals surface area contributed by atoms with Crippen molar-refractivity contribution in [2.24, 2.45) is 4.99 Å². The minimum absolute atomic E-state index is 0.547. The summed E-state index contributed by atoms with van der Waals surface area (Å²) in [6.07, 6.45) is 3.72. The summed E-state index contributed by atoms with van der Waals surface area (Å²) in [4.78, 5) is 4.38. The second-order valence-corrected chi connectivity index (χ2v) is 4.44. The Hall–Kier alpha value is -1.87. The van der Waals surface area contributed by atoms with Crippen LogP contribution in [0.3, 0.4) is 0 Å². The minimum atomic E-state index is 0.547. The van der Waals surface area contributed by atoms with Crippen molar-refractivity contribution < 1.29 is 9.47 Å². The van der Waals surface area contributed by atoms with E-state index in [4.69, 9.17) is 14.7 Å². The number of nitrogens with zero attached hydrogens (tertiary/aromatic N) is 2. The summed E-state index contributed by atoms with van der Waals surface area (Å²) in [5, 5.41) is 11.7. The van der Waals surface area contributed by atoms with Gasteiger partial charge in [-0.3, -0.25) is 5.32 Å². The summed E-state index contributed by atoms with van der Waals surface area (Å²) in [6.45, 7) is 3.06. The molecule has 1 aliphatic heterocycles. The number of aliphatic imine (C=N–C) groups is 1. The Labute approximate surface area is 110 Å². The van der Waals surface area contributed by atoms with Gasteiger partial charge in [0.25, 0.3) is 0 Å². The highest BCUT2D eigenvalue weighted by molar-refractivity contribution is 8.13. The molecular weight excluding hydrogens is 250 g/mol. The number of thioether (sulfide) groups is 1. The van der Waals surface area contributed by atoms with Crippen LogP contribution in [-0.2, 0) is 0 Å². The third-order valence-corrected chi connectivity index (χ3v) is 3.02. The van der Waals surface area contributed by atoms with Crippen molar-refractivity contribution in [1.82, 2.24) is 5.32 Å². The van der Waals surface area contributed by atoms with Crippen LogP contribution in [0.2, 0.25) is 0 Å². The smallest absolute Gasteiger partial charge is 0.183 e. The minimum Gasteiger partial charge on any atom is -0.486 e. The predicted octanol–water partition coefficient (Wildman–Crippen LogP) is 2.19. The normalized spacial score (nSPS) is 13.9. The van der Waals surface area contributed by atoms with Gasteiger partial charge >= 0.3 is 0 Å². The maximum atomic E-state index is 8.61. The summed E-state index contributed by atoms with van der Waals surface area (Å²) in [5.41, 5.74) is 1.75. The number of ether oxygens (including phenoxy) is 2. The SMILES string of the molecule is CSC(=Nc1cc2c(cc1C)OCCO2)NC#N. The van der Waals surface area contributed by atoms with E-state index >= 15 is 0 Å². The molecule has 0 unspecified atom stereocenters. The number of hydrogen-bond donors (Lipinski definition) is 1. The molecule has 5 nitrogen and oxygen atoms in total. The van der Waals surface area contributed by atoms with E-state index in [-0.39, 0.29) is 0 Å². The molecule has 0 saturated carbocycles. The van der Waals surface area contributed by atoms with Crippen LogP contribution in [0.5, 0.6) is 11.5 Å². The Kier molecular flexibility index (Phi) is 3.95. The molecule has 18 heavy (non-hydrogen) atoms. The fraction of sp³-hybridized carbons (Fsp3) is 0.333. The van der Waals surface area contributed by atoms with Gasteiger partial charge in [0.05, 0.1) is 5.69 Å². The first-order valence-corrected chi connectivity index (χ1v) is 6.65. The molecular formula is C12H13N3O2S. The van der Waals surface area contributed by atoms with E-state index in [1.807, 2.05) is 31.5 Å². The molecule has 0 atom stereocenters. The average molecular weight is 263 g/mol. The molecule has 0 spiro atoms. The molecule has 0 radical (unpaired) electrons. The van der Waals surface area contributed by atoms with Crippen LogP contribution in [0, 0.1) is 18.4 Å². The van der Waals surface area contributed by atoms with Gasteiger partial charge in [-0.2, -0.15) is 5.26 Å². The summed E-state index contributed by atoms with van der Waals surface area (Å²) >= 11 is 1.38. The van der Waals surface area contributed by atoms with Crippen molar-refractivity contribution in [3.63, 3.8) is 0 Å². The number of amidine groups is 1. The maximum Gasteiger partial charge on any atom is 0.183 e. The Balaban J connectivity index is 2.36. The molecule has 1 N–H and O–H groups in total. The first-order chi connectivity index (χ1) is 8.74. The molecule has 0 aliphatic carbocycles. The van der Waals surface area contributed by atoms with E-state index < -0.39 is 0 Å². The second kappa shape index (κ2) is 5.65. The van der Waals surface area contributed by atoms with Crippen LogP contribution in [0.4, 0.5) is 5.69 Å². The van der Waals surface area contributed by atoms with E-state index in [0.717, 1.165) is 17.0 Å². The zero-order valence-electron chi connectivity index (χ0n) is 10.2. The lowest BCUT2D eigenvalue weighted by Crippen LogP contribution is -2.15. The van der Waals surface area contributed by atoms with E-state index in [2.05, 4.69) is 10.3 Å². The standard InChI is InChI=1S/C12H13N3O2S/c1-8-5-10-11(17-4-3-16-10)6-9(8)15-12(18-2)14-7-13/h5-6H,3-4H2,1-2H3,(H,14,15). The summed E-state index contributed by atoms with van der Waals surface area (Å²) in [6, 6.07) is 3.73. The van der Waals surface area contributed by atoms with Gasteiger partial charge in [0.2, 0.25) is 0 Å². The molecule has 0 bridgehead atoms. The number of benzene rings is 1. The van der Waals surface area contributed by atoms with Gasteiger partial charge in [0.15, 0.2) is 22.9 Å². The lowest BCUT2D eigenvalue weighted by molar-refractivity contribution is 0.171. The Morgan fingerprint density at radius 2 is 2.06 bits per heavy atom. The predicted molar refractivity (Wildman–Crippen MR) is 71.5 cm³/mol. The van der Waals surface area contributed by atoms with Crippen LogP contribution in [-0.4, -0.2) is 24.6 Å². The van der Waals surface area contributed by atoms with Gasteiger partial charge in [-0.15, -0.1) is 0 Å². The van der Waals surface area contributed by atoms with E-state index in [1.54, 1.807) is 0 Å². The van der Waals surface area contributed by atoms with Gasteiger partial charge in [-0.25, -0.2) is 4.99 Å². The zero-order chi connectivity index (χ0) is 13.0. The van der Waals surface area contributed by atoms with Crippen molar-refractivity contribution >= 4 is 22.6 Å². The van der Waals surface area contributed by atoms with Crippen molar-refractivity contribution in [3.05, 3.63) is 17.7 Å². The van der Waals surface area contributed by atoms with Crippen LogP contribution in [0.15, 0.2) is 17.1 Å². The number of nitrogens with one attached hydrogen (secondary N) is 1. The molecule has 1 aromatic carbocycles. The summed E-state index contributed by atoms with van der Waals surface area (Å²) < 4.78 is 11.0. The molecule has 94 valence electrons. The lowest BCUT2D eigenvalue weighted by Gasteiger charge is -2.19. The fourth-order valence-corrected chi connectivity index (χ4v) is 1.92. The highest BCUT2D eigenvalue weighted by Crippen LogP contribution is 2.36. The third kappa shape index (κ3) is 2.68. The molecule has 1 aliphatic rings. The van der Waals surface area contributed by atoms with Gasteiger partial charge in [-0.05, 0) is 24.8 Å². The number of fused-ring (bicyclic) bond motifs is 1. The Morgan fingerprint density at radius 1 is 1.39 bits per heavy atom. The third-order valence-electron chi connectivity index (χ3n) is 2.44. The van der Waals surface area contributed by atoms with Crippen LogP contribution in [0.1, 0.15) is 5.56 Å². The lowest BCUT2D eigenvalue weighted by atomic mass is 10.1. The van der Waals surface area contributed by atoms with Gasteiger partial charge < -0.3 is 9.47 Å². The Bertz CT molecular complexity index is 523. The Morgan fingerprint density at radius 3 is 2.67 bits per heavy atom. The highest BCUT2D eigenvalue weighted by Gasteiger charge is 2.14. The van der Waals surface area contributed by atoms with Crippen LogP contribution in [0.25, 0.3) is 0 Å². The van der Waals surface area contributed by atoms with Gasteiger partial charge in [0.1, 0.15) is 13.2 Å². The monoisotopic (exact) mass is 263 g/mol. The van der Waals surface area contributed by atoms with Crippen LogP contribution >= 0.6 is 11.8 Å². The van der Waals surface area contributed by atoms with Crippen molar-refractivity contribution in [2.45, 2.75) is 6.92 Å². The van der Waals surface area contributed by atoms with Crippen LogP contribution < -0.4 is 14.8 Å². The topological polar surface area (TPSA) is 66.6 Å². The molecule has 1 aromatic rings. The molecule has 1 heterocycles. The quantitative estimate of drug-likeness (QED) is 0.364. The number of nitriles is 1. The summed E-state index contributed by atoms with van der Waals surface area (Å²) in [7, 11) is 0. The highest BCUT2D eigenvalue weighted by atomic mass is 32.2. The molecule has 0 aromatic heterocycles. The van der Waals surface area contributed by atoms with Crippen molar-refractivity contribution in [2.75, 3.05) is 19.5 Å².